The smallest absolute Gasteiger partial charge is 0.337 e. The zero-order valence-electron chi connectivity index (χ0n) is 17.1. The molecule has 0 unspecified atom stereocenters. The van der Waals surface area contributed by atoms with Gasteiger partial charge in [0.05, 0.1) is 22.3 Å². The van der Waals surface area contributed by atoms with Crippen LogP contribution in [-0.2, 0) is 0 Å². The predicted molar refractivity (Wildman–Crippen MR) is 116 cm³/mol. The van der Waals surface area contributed by atoms with Gasteiger partial charge in [-0.2, -0.15) is 0 Å². The maximum Gasteiger partial charge on any atom is 0.337 e. The van der Waals surface area contributed by atoms with E-state index < -0.39 is 5.97 Å². The second-order valence-electron chi connectivity index (χ2n) is 8.29. The summed E-state index contributed by atoms with van der Waals surface area (Å²) in [5.41, 5.74) is 2.48. The normalized spacial score (nSPS) is 18.4. The number of hydrogen-bond donors (Lipinski definition) is 3. The van der Waals surface area contributed by atoms with Crippen LogP contribution < -0.4 is 10.2 Å². The SMILES string of the molecule is CN1CCN(c2cc3[nH]c(Nc4nccn4C4CCCC4)nc3cc2C(=O)O)CC1. The van der Waals surface area contributed by atoms with Crippen LogP contribution in [0.4, 0.5) is 17.6 Å². The first kappa shape index (κ1) is 18.9. The van der Waals surface area contributed by atoms with Crippen molar-refractivity contribution in [3.8, 4) is 0 Å². The van der Waals surface area contributed by atoms with Crippen molar-refractivity contribution >= 4 is 34.6 Å². The van der Waals surface area contributed by atoms with Crippen molar-refractivity contribution in [2.75, 3.05) is 43.4 Å². The number of H-pyrrole nitrogens is 1. The van der Waals surface area contributed by atoms with Crippen LogP contribution in [0.25, 0.3) is 11.0 Å². The van der Waals surface area contributed by atoms with Crippen molar-refractivity contribution in [1.29, 1.82) is 0 Å². The molecule has 0 radical (unpaired) electrons. The van der Waals surface area contributed by atoms with Crippen LogP contribution in [0, 0.1) is 0 Å². The highest BCUT2D eigenvalue weighted by molar-refractivity contribution is 6.00. The third kappa shape index (κ3) is 3.49. The number of imidazole rings is 2. The predicted octanol–water partition coefficient (Wildman–Crippen LogP) is 3.07. The zero-order valence-corrected chi connectivity index (χ0v) is 17.1. The van der Waals surface area contributed by atoms with Gasteiger partial charge in [0.15, 0.2) is 0 Å². The number of nitrogens with one attached hydrogen (secondary N) is 2. The fraction of sp³-hybridized carbons (Fsp3) is 0.476. The molecular weight excluding hydrogens is 382 g/mol. The highest BCUT2D eigenvalue weighted by atomic mass is 16.4. The van der Waals surface area contributed by atoms with Crippen LogP contribution in [-0.4, -0.2) is 68.7 Å². The number of carboxylic acids is 1. The van der Waals surface area contributed by atoms with E-state index in [-0.39, 0.29) is 5.56 Å². The molecule has 5 rings (SSSR count). The Balaban J connectivity index is 1.46. The summed E-state index contributed by atoms with van der Waals surface area (Å²) in [7, 11) is 2.08. The maximum absolute atomic E-state index is 11.9. The molecule has 9 nitrogen and oxygen atoms in total. The largest absolute Gasteiger partial charge is 0.478 e. The van der Waals surface area contributed by atoms with E-state index >= 15 is 0 Å². The third-order valence-corrected chi connectivity index (χ3v) is 6.29. The number of hydrogen-bond acceptors (Lipinski definition) is 6. The molecule has 0 bridgehead atoms. The summed E-state index contributed by atoms with van der Waals surface area (Å²) in [5.74, 6) is 0.404. The Morgan fingerprint density at radius 3 is 2.70 bits per heavy atom. The van der Waals surface area contributed by atoms with E-state index in [4.69, 9.17) is 0 Å². The molecule has 0 amide bonds. The quantitative estimate of drug-likeness (QED) is 0.595. The van der Waals surface area contributed by atoms with Gasteiger partial charge < -0.3 is 24.5 Å². The lowest BCUT2D eigenvalue weighted by Crippen LogP contribution is -2.45. The van der Waals surface area contributed by atoms with E-state index in [0.717, 1.165) is 43.3 Å². The van der Waals surface area contributed by atoms with E-state index in [9.17, 15) is 9.90 Å². The standard InChI is InChI=1S/C21H27N7O2/c1-26-8-10-27(11-9-26)18-13-17-16(12-15(18)19(29)30)23-20(24-17)25-21-22-6-7-28(21)14-4-2-3-5-14/h6-7,12-14H,2-5,8-11H2,1H3,(H,29,30)(H2,22,23,24,25). The van der Waals surface area contributed by atoms with Gasteiger partial charge >= 0.3 is 5.97 Å². The number of aromatic amines is 1. The van der Waals surface area contributed by atoms with Crippen molar-refractivity contribution in [2.45, 2.75) is 31.7 Å². The number of fused-ring (bicyclic) bond motifs is 1. The minimum atomic E-state index is -0.930. The summed E-state index contributed by atoms with van der Waals surface area (Å²) in [5, 5.41) is 13.1. The zero-order chi connectivity index (χ0) is 20.7. The Hall–Kier alpha value is -3.07. The van der Waals surface area contributed by atoms with Gasteiger partial charge in [-0.05, 0) is 32.0 Å². The molecule has 0 atom stereocenters. The molecular formula is C21H27N7O2. The van der Waals surface area contributed by atoms with E-state index in [1.807, 2.05) is 12.3 Å². The van der Waals surface area contributed by atoms with Crippen LogP contribution in [0.5, 0.6) is 0 Å². The summed E-state index contributed by atoms with van der Waals surface area (Å²) >= 11 is 0. The number of rotatable bonds is 5. The molecule has 1 aliphatic heterocycles. The molecule has 30 heavy (non-hydrogen) atoms. The molecule has 2 aromatic heterocycles. The first-order valence-electron chi connectivity index (χ1n) is 10.6. The number of piperazine rings is 1. The number of aromatic carboxylic acids is 1. The Kier molecular flexibility index (Phi) is 4.82. The van der Waals surface area contributed by atoms with Crippen LogP contribution in [0.1, 0.15) is 42.1 Å². The van der Waals surface area contributed by atoms with Gasteiger partial charge in [-0.25, -0.2) is 14.8 Å². The topological polar surface area (TPSA) is 102 Å². The lowest BCUT2D eigenvalue weighted by atomic mass is 10.1. The molecule has 158 valence electrons. The fourth-order valence-corrected chi connectivity index (χ4v) is 4.58. The van der Waals surface area contributed by atoms with Gasteiger partial charge in [0, 0.05) is 44.6 Å². The summed E-state index contributed by atoms with van der Waals surface area (Å²) in [4.78, 5) is 28.7. The average molecular weight is 409 g/mol. The molecule has 0 spiro atoms. The number of nitrogens with zero attached hydrogens (tertiary/aromatic N) is 5. The third-order valence-electron chi connectivity index (χ3n) is 6.29. The maximum atomic E-state index is 11.9. The van der Waals surface area contributed by atoms with Gasteiger partial charge in [0.25, 0.3) is 0 Å². The minimum Gasteiger partial charge on any atom is -0.478 e. The molecule has 1 aliphatic carbocycles. The second-order valence-corrected chi connectivity index (χ2v) is 8.29. The molecule has 9 heteroatoms. The van der Waals surface area contributed by atoms with Gasteiger partial charge in [-0.15, -0.1) is 0 Å². The summed E-state index contributed by atoms with van der Waals surface area (Å²) < 4.78 is 2.18. The van der Waals surface area contributed by atoms with Crippen molar-refractivity contribution in [3.63, 3.8) is 0 Å². The molecule has 1 saturated heterocycles. The Bertz CT molecular complexity index is 1060. The molecule has 1 aromatic carbocycles. The van der Waals surface area contributed by atoms with Gasteiger partial charge in [-0.1, -0.05) is 12.8 Å². The van der Waals surface area contributed by atoms with E-state index in [0.29, 0.717) is 17.5 Å². The second kappa shape index (κ2) is 7.64. The van der Waals surface area contributed by atoms with Gasteiger partial charge in [0.2, 0.25) is 11.9 Å². The molecule has 2 fully saturated rings. The van der Waals surface area contributed by atoms with Gasteiger partial charge in [-0.3, -0.25) is 5.32 Å². The fourth-order valence-electron chi connectivity index (χ4n) is 4.58. The number of benzene rings is 1. The monoisotopic (exact) mass is 409 g/mol. The molecule has 3 heterocycles. The molecule has 2 aliphatic rings. The number of aromatic nitrogens is 4. The highest BCUT2D eigenvalue weighted by Gasteiger charge is 2.23. The Morgan fingerprint density at radius 2 is 1.97 bits per heavy atom. The summed E-state index contributed by atoms with van der Waals surface area (Å²) in [6, 6.07) is 4.05. The molecule has 3 aromatic rings. The average Bonchev–Trinajstić information content (AvgIpc) is 3.47. The van der Waals surface area contributed by atoms with Crippen LogP contribution >= 0.6 is 0 Å². The summed E-state index contributed by atoms with van der Waals surface area (Å²) in [6.07, 6.45) is 8.65. The van der Waals surface area contributed by atoms with Gasteiger partial charge in [0.1, 0.15) is 0 Å². The lowest BCUT2D eigenvalue weighted by molar-refractivity contribution is 0.0697. The van der Waals surface area contributed by atoms with Crippen molar-refractivity contribution in [2.24, 2.45) is 0 Å². The number of likely N-dealkylation sites (N-methyl/N-ethyl adjacent to an activating group) is 1. The Morgan fingerprint density at radius 1 is 1.20 bits per heavy atom. The molecule has 3 N–H and O–H groups in total. The van der Waals surface area contributed by atoms with E-state index in [1.165, 1.54) is 25.7 Å². The van der Waals surface area contributed by atoms with Crippen molar-refractivity contribution in [3.05, 3.63) is 30.1 Å². The van der Waals surface area contributed by atoms with Crippen molar-refractivity contribution < 1.29 is 9.90 Å². The van der Waals surface area contributed by atoms with Crippen LogP contribution in [0.2, 0.25) is 0 Å². The number of carboxylic acid groups (broad SMARTS) is 1. The number of anilines is 3. The number of carbonyl (C=O) groups is 1. The van der Waals surface area contributed by atoms with E-state index in [1.54, 1.807) is 12.3 Å². The summed E-state index contributed by atoms with van der Waals surface area (Å²) in [6.45, 7) is 3.44. The lowest BCUT2D eigenvalue weighted by Gasteiger charge is -2.34. The minimum absolute atomic E-state index is 0.289. The highest BCUT2D eigenvalue weighted by Crippen LogP contribution is 2.33. The van der Waals surface area contributed by atoms with Crippen LogP contribution in [0.15, 0.2) is 24.5 Å². The van der Waals surface area contributed by atoms with E-state index in [2.05, 4.69) is 41.7 Å². The van der Waals surface area contributed by atoms with Crippen molar-refractivity contribution in [1.82, 2.24) is 24.4 Å². The first-order chi connectivity index (χ1) is 14.6. The molecule has 1 saturated carbocycles. The van der Waals surface area contributed by atoms with Crippen LogP contribution in [0.3, 0.4) is 0 Å². The first-order valence-corrected chi connectivity index (χ1v) is 10.6. The Labute approximate surface area is 174 Å².